The number of nitrogens with two attached hydrogens (primary N) is 1. The number of primary sulfonamides is 1. The van der Waals surface area contributed by atoms with Gasteiger partial charge in [0.25, 0.3) is 15.9 Å². The molecule has 1 aliphatic heterocycles. The van der Waals surface area contributed by atoms with Crippen molar-refractivity contribution in [3.63, 3.8) is 0 Å². The highest BCUT2D eigenvalue weighted by atomic mass is 35.5. The lowest BCUT2D eigenvalue weighted by atomic mass is 9.89. The highest BCUT2D eigenvalue weighted by molar-refractivity contribution is 7.89. The molecule has 0 bridgehead atoms. The van der Waals surface area contributed by atoms with Gasteiger partial charge in [-0.25, -0.2) is 22.9 Å². The van der Waals surface area contributed by atoms with Crippen molar-refractivity contribution >= 4 is 38.9 Å². The van der Waals surface area contributed by atoms with Gasteiger partial charge in [-0.1, -0.05) is 23.7 Å². The number of nitrogens with zero attached hydrogens (tertiary/aromatic N) is 3. The first-order chi connectivity index (χ1) is 17.5. The van der Waals surface area contributed by atoms with Crippen LogP contribution in [0.5, 0.6) is 0 Å². The largest absolute Gasteiger partial charge is 0.352 e. The Morgan fingerprint density at radius 1 is 1.19 bits per heavy atom. The van der Waals surface area contributed by atoms with Gasteiger partial charge in [0.15, 0.2) is 5.03 Å². The first-order valence-electron chi connectivity index (χ1n) is 11.5. The second-order valence-electron chi connectivity index (χ2n) is 9.05. The molecule has 0 radical (unpaired) electrons. The third kappa shape index (κ3) is 5.59. The summed E-state index contributed by atoms with van der Waals surface area (Å²) in [7, 11) is -4.29. The highest BCUT2D eigenvalue weighted by Gasteiger charge is 2.30. The topological polar surface area (TPSA) is 129 Å². The molecule has 1 aliphatic rings. The second kappa shape index (κ2) is 10.5. The quantitative estimate of drug-likeness (QED) is 0.478. The number of benzene rings is 2. The Labute approximate surface area is 219 Å². The van der Waals surface area contributed by atoms with E-state index < -0.39 is 21.0 Å². The Hall–Kier alpha value is -3.52. The van der Waals surface area contributed by atoms with Crippen LogP contribution in [0.2, 0.25) is 5.02 Å². The number of likely N-dealkylation sites (tertiary alicyclic amines) is 1. The fourth-order valence-electron chi connectivity index (χ4n) is 4.42. The number of amides is 1. The third-order valence-electron chi connectivity index (χ3n) is 6.62. The zero-order valence-electron chi connectivity index (χ0n) is 20.3. The van der Waals surface area contributed by atoms with Crippen LogP contribution in [0.15, 0.2) is 47.6 Å². The van der Waals surface area contributed by atoms with Crippen molar-refractivity contribution in [3.05, 3.63) is 81.3 Å². The van der Waals surface area contributed by atoms with Gasteiger partial charge in [0, 0.05) is 19.3 Å². The maximum atomic E-state index is 13.6. The summed E-state index contributed by atoms with van der Waals surface area (Å²) in [6.07, 6.45) is 2.48. The van der Waals surface area contributed by atoms with Crippen LogP contribution in [0, 0.1) is 31.0 Å². The number of aromatic nitrogens is 1. The number of hydrogen-bond acceptors (Lipinski definition) is 6. The van der Waals surface area contributed by atoms with Crippen LogP contribution < -0.4 is 10.5 Å². The molecule has 8 nitrogen and oxygen atoms in total. The van der Waals surface area contributed by atoms with Crippen molar-refractivity contribution in [1.29, 1.82) is 5.26 Å². The van der Waals surface area contributed by atoms with Crippen molar-refractivity contribution < 1.29 is 17.6 Å². The number of nitrogens with one attached hydrogen (secondary N) is 1. The monoisotopic (exact) mass is 541 g/mol. The van der Waals surface area contributed by atoms with Crippen LogP contribution in [-0.2, 0) is 10.0 Å². The summed E-state index contributed by atoms with van der Waals surface area (Å²) >= 11 is 6.45. The molecule has 1 fully saturated rings. The average Bonchev–Trinajstić information content (AvgIpc) is 2.86. The molecule has 0 atom stereocenters. The van der Waals surface area contributed by atoms with Crippen molar-refractivity contribution in [2.75, 3.05) is 18.4 Å². The fraction of sp³-hybridized carbons (Fsp3) is 0.269. The first kappa shape index (κ1) is 26.5. The maximum Gasteiger partial charge on any atom is 0.257 e. The van der Waals surface area contributed by atoms with E-state index in [1.807, 2.05) is 13.8 Å². The van der Waals surface area contributed by atoms with E-state index in [1.54, 1.807) is 29.2 Å². The lowest BCUT2D eigenvalue weighted by molar-refractivity contribution is 0.0713. The molecule has 2 heterocycles. The predicted octanol–water partition coefficient (Wildman–Crippen LogP) is 4.77. The molecule has 192 valence electrons. The second-order valence-corrected chi connectivity index (χ2v) is 10.9. The number of halogens is 2. The van der Waals surface area contributed by atoms with Gasteiger partial charge in [-0.3, -0.25) is 4.79 Å². The van der Waals surface area contributed by atoms with E-state index in [-0.39, 0.29) is 28.0 Å². The van der Waals surface area contributed by atoms with E-state index in [0.717, 1.165) is 22.9 Å². The molecule has 2 aromatic carbocycles. The Balaban J connectivity index is 1.68. The molecule has 3 aromatic rings. The van der Waals surface area contributed by atoms with E-state index in [0.29, 0.717) is 37.2 Å². The molecule has 0 aliphatic carbocycles. The van der Waals surface area contributed by atoms with E-state index in [1.165, 1.54) is 12.1 Å². The van der Waals surface area contributed by atoms with E-state index in [2.05, 4.69) is 16.4 Å². The lowest BCUT2D eigenvalue weighted by Crippen LogP contribution is -2.38. The molecule has 3 N–H and O–H groups in total. The van der Waals surface area contributed by atoms with Gasteiger partial charge >= 0.3 is 0 Å². The number of sulfonamides is 1. The molecule has 0 spiro atoms. The number of carbonyl (C=O) groups is 1. The molecular formula is C26H25ClFN5O3S. The lowest BCUT2D eigenvalue weighted by Gasteiger charge is -2.33. The summed E-state index contributed by atoms with van der Waals surface area (Å²) in [5, 5.41) is 17.0. The van der Waals surface area contributed by atoms with Crippen molar-refractivity contribution in [3.8, 4) is 6.07 Å². The smallest absolute Gasteiger partial charge is 0.257 e. The van der Waals surface area contributed by atoms with E-state index in [9.17, 15) is 22.9 Å². The Morgan fingerprint density at radius 2 is 1.81 bits per heavy atom. The molecule has 11 heteroatoms. The molecule has 1 saturated heterocycles. The number of carbonyl (C=O) groups excluding carboxylic acids is 1. The molecular weight excluding hydrogens is 517 g/mol. The van der Waals surface area contributed by atoms with Crippen LogP contribution in [0.1, 0.15) is 51.4 Å². The third-order valence-corrected chi connectivity index (χ3v) is 7.95. The molecule has 0 unspecified atom stereocenters. The fourth-order valence-corrected chi connectivity index (χ4v) is 5.49. The zero-order chi connectivity index (χ0) is 26.9. The number of hydrogen-bond donors (Lipinski definition) is 2. The van der Waals surface area contributed by atoms with Gasteiger partial charge in [0.2, 0.25) is 0 Å². The molecule has 0 saturated carbocycles. The van der Waals surface area contributed by atoms with E-state index >= 15 is 0 Å². The van der Waals surface area contributed by atoms with Gasteiger partial charge in [-0.05, 0) is 73.6 Å². The van der Waals surface area contributed by atoms with Gasteiger partial charge in [-0.2, -0.15) is 5.26 Å². The predicted molar refractivity (Wildman–Crippen MR) is 139 cm³/mol. The Bertz CT molecular complexity index is 1510. The minimum atomic E-state index is -4.29. The Morgan fingerprint density at radius 3 is 2.41 bits per heavy atom. The minimum absolute atomic E-state index is 0.00565. The highest BCUT2D eigenvalue weighted by Crippen LogP contribution is 2.36. The number of piperidine rings is 1. The standard InChI is InChI=1S/C26H25ClFN5O3S/c1-15-11-19(13-29)22(12-16(15)2)32-24-21(14-31-25(23(24)27)37(30,35)36)26(34)33-9-7-18(8-10-33)17-3-5-20(28)6-4-17/h3-6,11-12,14,18H,7-10H2,1-2H3,(H,31,32)(H2,30,35,36). The van der Waals surface area contributed by atoms with Crippen LogP contribution in [0.25, 0.3) is 0 Å². The number of aryl methyl sites for hydroxylation is 2. The number of nitriles is 1. The van der Waals surface area contributed by atoms with Gasteiger partial charge < -0.3 is 10.2 Å². The van der Waals surface area contributed by atoms with Crippen molar-refractivity contribution in [1.82, 2.24) is 9.88 Å². The molecule has 37 heavy (non-hydrogen) atoms. The van der Waals surface area contributed by atoms with Gasteiger partial charge in [-0.15, -0.1) is 0 Å². The maximum absolute atomic E-state index is 13.6. The summed E-state index contributed by atoms with van der Waals surface area (Å²) in [4.78, 5) is 19.1. The molecule has 4 rings (SSSR count). The number of anilines is 2. The number of pyridine rings is 1. The number of rotatable bonds is 5. The summed E-state index contributed by atoms with van der Waals surface area (Å²) in [6, 6.07) is 11.9. The molecule has 1 aromatic heterocycles. The summed E-state index contributed by atoms with van der Waals surface area (Å²) in [5.74, 6) is -0.507. The molecule has 1 amide bonds. The Kier molecular flexibility index (Phi) is 7.50. The first-order valence-corrected chi connectivity index (χ1v) is 13.5. The van der Waals surface area contributed by atoms with Crippen LogP contribution in [0.3, 0.4) is 0 Å². The summed E-state index contributed by atoms with van der Waals surface area (Å²) in [5.41, 5.74) is 3.51. The average molecular weight is 542 g/mol. The minimum Gasteiger partial charge on any atom is -0.352 e. The zero-order valence-corrected chi connectivity index (χ0v) is 21.8. The van der Waals surface area contributed by atoms with Crippen molar-refractivity contribution in [2.24, 2.45) is 5.14 Å². The van der Waals surface area contributed by atoms with Gasteiger partial charge in [0.1, 0.15) is 16.9 Å². The SMILES string of the molecule is Cc1cc(C#N)c(Nc2c(C(=O)N3CCC(c4ccc(F)cc4)CC3)cnc(S(N)(=O)=O)c2Cl)cc1C. The normalized spacial score (nSPS) is 14.3. The van der Waals surface area contributed by atoms with E-state index in [4.69, 9.17) is 16.7 Å². The summed E-state index contributed by atoms with van der Waals surface area (Å²) < 4.78 is 37.5. The van der Waals surface area contributed by atoms with Gasteiger partial charge in [0.05, 0.1) is 22.5 Å². The van der Waals surface area contributed by atoms with Crippen LogP contribution in [-0.4, -0.2) is 37.3 Å². The van der Waals surface area contributed by atoms with Crippen LogP contribution >= 0.6 is 11.6 Å². The van der Waals surface area contributed by atoms with Crippen LogP contribution in [0.4, 0.5) is 15.8 Å². The van der Waals surface area contributed by atoms with Crippen molar-refractivity contribution in [2.45, 2.75) is 37.6 Å². The summed E-state index contributed by atoms with van der Waals surface area (Å²) in [6.45, 7) is 4.59.